The van der Waals surface area contributed by atoms with Crippen molar-refractivity contribution < 1.29 is 26.3 Å². The minimum Gasteiger partial charge on any atom is -0.308 e. The van der Waals surface area contributed by atoms with Crippen LogP contribution in [-0.4, -0.2) is 9.13 Å². The Bertz CT molecular complexity index is 3450. The highest BCUT2D eigenvalue weighted by molar-refractivity contribution is 6.13. The lowest BCUT2D eigenvalue weighted by molar-refractivity contribution is -0.142. The van der Waals surface area contributed by atoms with Gasteiger partial charge in [-0.1, -0.05) is 114 Å². The second-order valence-corrected chi connectivity index (χ2v) is 15.6. The number of aromatic nitrogens is 2. The molecule has 302 valence electrons. The van der Waals surface area contributed by atoms with E-state index in [2.05, 4.69) is 53.4 Å². The van der Waals surface area contributed by atoms with Gasteiger partial charge in [0.05, 0.1) is 51.1 Å². The highest BCUT2D eigenvalue weighted by atomic mass is 19.4. The standard InChI is InChI=1S/C53H33F6N3/c1-31-12-16-33(17-13-31)35-20-24-48-42(26-35)39-8-4-6-10-46(39)61(48)50-29-41(38-23-22-37(52(54,55)56)28-44(38)53(57,58)59)45(60-3)30-51(50)62-47-11-7-5-9-40(47)43-27-36(21-25-49(43)62)34-18-14-32(2)15-19-34/h4-30H,1-2H3. The molecule has 0 atom stereocenters. The van der Waals surface area contributed by atoms with Crippen LogP contribution in [0.1, 0.15) is 22.3 Å². The maximum absolute atomic E-state index is 14.9. The Morgan fingerprint density at radius 3 is 1.34 bits per heavy atom. The molecule has 0 fully saturated rings. The first-order valence-electron chi connectivity index (χ1n) is 19.8. The third-order valence-electron chi connectivity index (χ3n) is 11.8. The van der Waals surface area contributed by atoms with Crippen LogP contribution >= 0.6 is 0 Å². The molecule has 10 rings (SSSR count). The number of fused-ring (bicyclic) bond motifs is 6. The maximum atomic E-state index is 14.9. The van der Waals surface area contributed by atoms with Crippen LogP contribution in [0.2, 0.25) is 0 Å². The van der Waals surface area contributed by atoms with Gasteiger partial charge in [0.2, 0.25) is 0 Å². The Labute approximate surface area is 352 Å². The molecule has 0 radical (unpaired) electrons. The van der Waals surface area contributed by atoms with E-state index in [-0.39, 0.29) is 17.3 Å². The number of hydrogen-bond acceptors (Lipinski definition) is 0. The quantitative estimate of drug-likeness (QED) is 0.121. The van der Waals surface area contributed by atoms with Gasteiger partial charge in [-0.05, 0) is 108 Å². The summed E-state index contributed by atoms with van der Waals surface area (Å²) in [5, 5.41) is 3.61. The van der Waals surface area contributed by atoms with Crippen molar-refractivity contribution in [2.75, 3.05) is 0 Å². The molecule has 3 nitrogen and oxygen atoms in total. The van der Waals surface area contributed by atoms with E-state index in [0.29, 0.717) is 17.4 Å². The van der Waals surface area contributed by atoms with Crippen molar-refractivity contribution in [3.8, 4) is 44.8 Å². The molecule has 2 heterocycles. The Kier molecular flexibility index (Phi) is 8.89. The van der Waals surface area contributed by atoms with Crippen LogP contribution < -0.4 is 0 Å². The molecular weight excluding hydrogens is 793 g/mol. The summed E-state index contributed by atoms with van der Waals surface area (Å²) in [6.07, 6.45) is -10.2. The SMILES string of the molecule is [C-]#[N+]c1cc(-n2c3ccccc3c3cc(-c4ccc(C)cc4)ccc32)c(-n2c3ccccc3c3cc(-c4ccc(C)cc4)ccc32)cc1-c1ccc(C(F)(F)F)cc1C(F)(F)F. The molecule has 8 aromatic carbocycles. The highest BCUT2D eigenvalue weighted by Crippen LogP contribution is 2.48. The van der Waals surface area contributed by atoms with E-state index >= 15 is 0 Å². The number of aryl methyl sites for hydroxylation is 2. The molecular formula is C53H33F6N3. The van der Waals surface area contributed by atoms with Crippen LogP contribution in [0.4, 0.5) is 32.0 Å². The number of benzene rings is 8. The number of hydrogen-bond donors (Lipinski definition) is 0. The molecule has 0 saturated heterocycles. The zero-order valence-corrected chi connectivity index (χ0v) is 33.2. The van der Waals surface area contributed by atoms with Crippen LogP contribution in [0.25, 0.3) is 93.2 Å². The summed E-state index contributed by atoms with van der Waals surface area (Å²) in [7, 11) is 0. The molecule has 0 spiro atoms. The van der Waals surface area contributed by atoms with E-state index < -0.39 is 29.0 Å². The lowest BCUT2D eigenvalue weighted by atomic mass is 9.94. The van der Waals surface area contributed by atoms with Crippen LogP contribution in [-0.2, 0) is 12.4 Å². The van der Waals surface area contributed by atoms with E-state index in [9.17, 15) is 26.3 Å². The molecule has 10 aromatic rings. The van der Waals surface area contributed by atoms with Crippen molar-refractivity contribution >= 4 is 49.3 Å². The Hall–Kier alpha value is -7.57. The summed E-state index contributed by atoms with van der Waals surface area (Å²) in [4.78, 5) is 3.77. The topological polar surface area (TPSA) is 14.2 Å². The Morgan fingerprint density at radius 2 is 0.871 bits per heavy atom. The summed E-state index contributed by atoms with van der Waals surface area (Å²) < 4.78 is 90.5. The highest BCUT2D eigenvalue weighted by Gasteiger charge is 2.39. The average Bonchev–Trinajstić information content (AvgIpc) is 3.77. The van der Waals surface area contributed by atoms with Crippen LogP contribution in [0, 0.1) is 20.4 Å². The molecule has 0 bridgehead atoms. The minimum atomic E-state index is -5.17. The third kappa shape index (κ3) is 6.38. The molecule has 9 heteroatoms. The lowest BCUT2D eigenvalue weighted by Gasteiger charge is -2.21. The van der Waals surface area contributed by atoms with Crippen molar-refractivity contribution in [2.45, 2.75) is 26.2 Å². The predicted molar refractivity (Wildman–Crippen MR) is 237 cm³/mol. The zero-order valence-electron chi connectivity index (χ0n) is 33.2. The van der Waals surface area contributed by atoms with Gasteiger partial charge in [-0.2, -0.15) is 26.3 Å². The van der Waals surface area contributed by atoms with Gasteiger partial charge in [0.1, 0.15) is 0 Å². The monoisotopic (exact) mass is 825 g/mol. The predicted octanol–water partition coefficient (Wildman–Crippen LogP) is 16.1. The van der Waals surface area contributed by atoms with E-state index in [0.717, 1.165) is 83.1 Å². The Balaban J connectivity index is 1.32. The van der Waals surface area contributed by atoms with Crippen molar-refractivity contribution in [2.24, 2.45) is 0 Å². The van der Waals surface area contributed by atoms with Gasteiger partial charge in [-0.3, -0.25) is 0 Å². The number of alkyl halides is 6. The first-order chi connectivity index (χ1) is 29.8. The molecule has 0 unspecified atom stereocenters. The van der Waals surface area contributed by atoms with Crippen molar-refractivity contribution in [1.29, 1.82) is 0 Å². The molecule has 0 aliphatic rings. The fraction of sp³-hybridized carbons (Fsp3) is 0.0755. The normalized spacial score (nSPS) is 12.2. The zero-order chi connectivity index (χ0) is 43.1. The number of rotatable bonds is 5. The van der Waals surface area contributed by atoms with E-state index in [1.165, 1.54) is 6.07 Å². The van der Waals surface area contributed by atoms with Gasteiger partial charge in [0.15, 0.2) is 5.69 Å². The van der Waals surface area contributed by atoms with Gasteiger partial charge >= 0.3 is 12.4 Å². The molecule has 0 aliphatic carbocycles. The van der Waals surface area contributed by atoms with Crippen LogP contribution in [0.15, 0.2) is 164 Å². The van der Waals surface area contributed by atoms with Gasteiger partial charge in [0, 0.05) is 21.5 Å². The van der Waals surface area contributed by atoms with Gasteiger partial charge < -0.3 is 9.13 Å². The van der Waals surface area contributed by atoms with Crippen LogP contribution in [0.3, 0.4) is 0 Å². The number of nitrogens with zero attached hydrogens (tertiary/aromatic N) is 3. The largest absolute Gasteiger partial charge is 0.416 e. The summed E-state index contributed by atoms with van der Waals surface area (Å²) in [5.74, 6) is 0. The summed E-state index contributed by atoms with van der Waals surface area (Å²) in [5.41, 5.74) is 6.51. The van der Waals surface area contributed by atoms with E-state index in [1.54, 1.807) is 6.07 Å². The van der Waals surface area contributed by atoms with Gasteiger partial charge in [0.25, 0.3) is 0 Å². The molecule has 0 N–H and O–H groups in total. The second kappa shape index (κ2) is 14.3. The number of para-hydroxylation sites is 2. The smallest absolute Gasteiger partial charge is 0.308 e. The van der Waals surface area contributed by atoms with E-state index in [1.807, 2.05) is 108 Å². The fourth-order valence-corrected chi connectivity index (χ4v) is 8.74. The first-order valence-corrected chi connectivity index (χ1v) is 19.8. The summed E-state index contributed by atoms with van der Waals surface area (Å²) in [6.45, 7) is 12.4. The van der Waals surface area contributed by atoms with Crippen molar-refractivity contribution in [3.63, 3.8) is 0 Å². The van der Waals surface area contributed by atoms with Gasteiger partial charge in [-0.15, -0.1) is 0 Å². The fourth-order valence-electron chi connectivity index (χ4n) is 8.74. The molecule has 0 aliphatic heterocycles. The maximum Gasteiger partial charge on any atom is 0.416 e. The van der Waals surface area contributed by atoms with Crippen molar-refractivity contribution in [3.05, 3.63) is 197 Å². The molecule has 0 saturated carbocycles. The Morgan fingerprint density at radius 1 is 0.419 bits per heavy atom. The molecule has 0 amide bonds. The molecule has 62 heavy (non-hydrogen) atoms. The minimum absolute atomic E-state index is 0.127. The summed E-state index contributed by atoms with van der Waals surface area (Å²) >= 11 is 0. The van der Waals surface area contributed by atoms with Crippen molar-refractivity contribution in [1.82, 2.24) is 9.13 Å². The first kappa shape index (κ1) is 38.6. The second-order valence-electron chi connectivity index (χ2n) is 15.6. The average molecular weight is 826 g/mol. The lowest BCUT2D eigenvalue weighted by Crippen LogP contribution is -2.12. The number of halogens is 6. The summed E-state index contributed by atoms with van der Waals surface area (Å²) in [6, 6.07) is 48.9. The van der Waals surface area contributed by atoms with Crippen LogP contribution in [0.5, 0.6) is 0 Å². The third-order valence-corrected chi connectivity index (χ3v) is 11.8. The van der Waals surface area contributed by atoms with E-state index in [4.69, 9.17) is 6.57 Å². The molecule has 2 aromatic heterocycles. The van der Waals surface area contributed by atoms with Gasteiger partial charge in [-0.25, -0.2) is 4.85 Å².